The molecule has 0 saturated carbocycles. The predicted octanol–water partition coefficient (Wildman–Crippen LogP) is 6.36. The number of alkyl carbamates (subject to hydrolysis) is 1. The number of carbonyl (C=O) groups is 3. The van der Waals surface area contributed by atoms with Crippen LogP contribution in [0.1, 0.15) is 66.0 Å². The minimum atomic E-state index is -0.582. The van der Waals surface area contributed by atoms with Crippen LogP contribution < -0.4 is 16.0 Å². The van der Waals surface area contributed by atoms with Crippen LogP contribution in [0.5, 0.6) is 0 Å². The van der Waals surface area contributed by atoms with Crippen molar-refractivity contribution in [3.63, 3.8) is 0 Å². The molecule has 1 aliphatic rings. The number of rotatable bonds is 9. The number of hydrogen-bond acceptors (Lipinski definition) is 6. The third kappa shape index (κ3) is 14.4. The molecule has 3 N–H and O–H groups in total. The molecule has 2 aromatic rings. The van der Waals surface area contributed by atoms with Gasteiger partial charge in [-0.1, -0.05) is 61.8 Å². The molecule has 1 unspecified atom stereocenters. The minimum Gasteiger partial charge on any atom is -0.468 e. The number of piperidine rings is 1. The highest BCUT2D eigenvalue weighted by atomic mass is 35.5. The molecular weight excluding hydrogens is 577 g/mol. The van der Waals surface area contributed by atoms with E-state index in [2.05, 4.69) is 16.0 Å². The first-order chi connectivity index (χ1) is 19.3. The number of methoxy groups -OCH3 is 1. The Morgan fingerprint density at radius 1 is 1.00 bits per heavy atom. The Morgan fingerprint density at radius 3 is 2.05 bits per heavy atom. The molecule has 8 nitrogen and oxygen atoms in total. The van der Waals surface area contributed by atoms with E-state index < -0.39 is 17.7 Å². The Balaban J connectivity index is 0.000000446. The fourth-order valence-corrected chi connectivity index (χ4v) is 4.44. The highest BCUT2D eigenvalue weighted by Gasteiger charge is 2.24. The van der Waals surface area contributed by atoms with E-state index in [0.717, 1.165) is 29.8 Å². The quantitative estimate of drug-likeness (QED) is 0.281. The minimum absolute atomic E-state index is 0. The Kier molecular flexibility index (Phi) is 15.9. The number of ether oxygens (including phenoxy) is 2. The van der Waals surface area contributed by atoms with Crippen molar-refractivity contribution in [2.45, 2.75) is 91.5 Å². The Bertz CT molecular complexity index is 1120. The molecule has 1 heterocycles. The van der Waals surface area contributed by atoms with E-state index in [1.165, 1.54) is 12.7 Å². The summed E-state index contributed by atoms with van der Waals surface area (Å²) in [6.07, 6.45) is 3.02. The zero-order valence-corrected chi connectivity index (χ0v) is 26.3. The average Bonchev–Trinajstić information content (AvgIpc) is 2.90. The summed E-state index contributed by atoms with van der Waals surface area (Å²) in [5, 5.41) is 10.4. The number of carbonyl (C=O) groups excluding carboxylic acids is 3. The van der Waals surface area contributed by atoms with Crippen molar-refractivity contribution >= 4 is 41.2 Å². The normalized spacial score (nSPS) is 17.8. The smallest absolute Gasteiger partial charge is 0.407 e. The lowest BCUT2D eigenvalue weighted by atomic mass is 9.92. The van der Waals surface area contributed by atoms with Crippen LogP contribution in [0, 0.1) is 5.92 Å². The number of hydrogen-bond donors (Lipinski definition) is 3. The van der Waals surface area contributed by atoms with E-state index in [0.29, 0.717) is 18.0 Å². The van der Waals surface area contributed by atoms with Crippen molar-refractivity contribution in [1.82, 2.24) is 16.0 Å². The third-order valence-corrected chi connectivity index (χ3v) is 6.98. The number of nitrogens with one attached hydrogen (secondary N) is 3. The molecule has 2 amide bonds. The van der Waals surface area contributed by atoms with Gasteiger partial charge in [0.15, 0.2) is 0 Å². The topological polar surface area (TPSA) is 106 Å². The van der Waals surface area contributed by atoms with Crippen LogP contribution in [0.25, 0.3) is 0 Å². The maximum atomic E-state index is 12.1. The van der Waals surface area contributed by atoms with Gasteiger partial charge in [-0.15, -0.1) is 0 Å². The fourth-order valence-electron chi connectivity index (χ4n) is 4.19. The van der Waals surface area contributed by atoms with E-state index in [9.17, 15) is 14.4 Å². The molecule has 2 aromatic carbocycles. The second-order valence-corrected chi connectivity index (χ2v) is 12.2. The van der Waals surface area contributed by atoms with Crippen molar-refractivity contribution in [3.05, 3.63) is 69.7 Å². The lowest BCUT2D eigenvalue weighted by Crippen LogP contribution is -2.48. The van der Waals surface area contributed by atoms with Gasteiger partial charge in [0.1, 0.15) is 11.6 Å². The molecule has 0 aromatic heterocycles. The maximum absolute atomic E-state index is 12.1. The van der Waals surface area contributed by atoms with Gasteiger partial charge in [0.25, 0.3) is 0 Å². The van der Waals surface area contributed by atoms with E-state index >= 15 is 0 Å². The first kappa shape index (κ1) is 37.2. The van der Waals surface area contributed by atoms with Crippen molar-refractivity contribution in [1.29, 1.82) is 0 Å². The summed E-state index contributed by atoms with van der Waals surface area (Å²) in [6.45, 7) is 9.49. The van der Waals surface area contributed by atoms with Crippen LogP contribution in [-0.2, 0) is 31.9 Å². The van der Waals surface area contributed by atoms with Crippen LogP contribution in [0.4, 0.5) is 4.79 Å². The van der Waals surface area contributed by atoms with Crippen molar-refractivity contribution in [3.8, 4) is 0 Å². The molecule has 42 heavy (non-hydrogen) atoms. The van der Waals surface area contributed by atoms with E-state index in [-0.39, 0.29) is 37.3 Å². The van der Waals surface area contributed by atoms with Crippen molar-refractivity contribution in [2.75, 3.05) is 13.7 Å². The van der Waals surface area contributed by atoms with Crippen LogP contribution >= 0.6 is 23.2 Å². The molecule has 0 spiro atoms. The predicted molar refractivity (Wildman–Crippen MR) is 170 cm³/mol. The summed E-state index contributed by atoms with van der Waals surface area (Å²) < 4.78 is 10.0. The summed E-state index contributed by atoms with van der Waals surface area (Å²) in [7, 11) is 1.34. The fraction of sp³-hybridized carbons (Fsp3) is 0.531. The molecular formula is C32H47Cl2N3O5. The molecule has 1 saturated heterocycles. The van der Waals surface area contributed by atoms with Gasteiger partial charge in [0.05, 0.1) is 7.11 Å². The second kappa shape index (κ2) is 18.0. The summed E-state index contributed by atoms with van der Waals surface area (Å²) in [5.74, 6) is -0.00538. The molecule has 234 valence electrons. The van der Waals surface area contributed by atoms with Gasteiger partial charge in [-0.05, 0) is 88.8 Å². The highest BCUT2D eigenvalue weighted by Crippen LogP contribution is 2.19. The van der Waals surface area contributed by atoms with Gasteiger partial charge in [-0.3, -0.25) is 9.59 Å². The molecule has 1 aliphatic heterocycles. The Labute approximate surface area is 261 Å². The molecule has 4 atom stereocenters. The molecule has 0 aliphatic carbocycles. The van der Waals surface area contributed by atoms with Crippen molar-refractivity contribution < 1.29 is 23.9 Å². The Morgan fingerprint density at radius 2 is 1.55 bits per heavy atom. The van der Waals surface area contributed by atoms with Crippen LogP contribution in [-0.4, -0.2) is 55.4 Å². The average molecular weight is 625 g/mol. The van der Waals surface area contributed by atoms with Gasteiger partial charge in [-0.25, -0.2) is 4.79 Å². The van der Waals surface area contributed by atoms with Gasteiger partial charge in [-0.2, -0.15) is 0 Å². The molecule has 1 fully saturated rings. The largest absolute Gasteiger partial charge is 0.468 e. The van der Waals surface area contributed by atoms with Crippen molar-refractivity contribution in [2.24, 2.45) is 5.92 Å². The van der Waals surface area contributed by atoms with E-state index in [1.54, 1.807) is 39.8 Å². The lowest BCUT2D eigenvalue weighted by molar-refractivity contribution is -0.142. The highest BCUT2D eigenvalue weighted by molar-refractivity contribution is 6.30. The monoisotopic (exact) mass is 623 g/mol. The van der Waals surface area contributed by atoms with Gasteiger partial charge in [0.2, 0.25) is 5.91 Å². The number of esters is 1. The maximum Gasteiger partial charge on any atom is 0.407 e. The molecule has 0 radical (unpaired) electrons. The number of amides is 2. The number of halogens is 2. The number of benzene rings is 2. The van der Waals surface area contributed by atoms with Gasteiger partial charge < -0.3 is 25.4 Å². The van der Waals surface area contributed by atoms with Gasteiger partial charge >= 0.3 is 12.1 Å². The van der Waals surface area contributed by atoms with Crippen LogP contribution in [0.3, 0.4) is 0 Å². The third-order valence-electron chi connectivity index (χ3n) is 6.48. The summed E-state index contributed by atoms with van der Waals surface area (Å²) >= 11 is 11.7. The first-order valence-electron chi connectivity index (χ1n) is 13.9. The van der Waals surface area contributed by atoms with Gasteiger partial charge in [0, 0.05) is 34.6 Å². The summed E-state index contributed by atoms with van der Waals surface area (Å²) in [4.78, 5) is 35.1. The molecule has 3 rings (SSSR count). The molecule has 10 heteroatoms. The summed E-state index contributed by atoms with van der Waals surface area (Å²) in [6, 6.07) is 14.8. The second-order valence-electron chi connectivity index (χ2n) is 11.3. The van der Waals surface area contributed by atoms with Crippen LogP contribution in [0.2, 0.25) is 10.0 Å². The molecule has 0 bridgehead atoms. The summed E-state index contributed by atoms with van der Waals surface area (Å²) in [5.41, 5.74) is 1.66. The first-order valence-corrected chi connectivity index (χ1v) is 14.6. The van der Waals surface area contributed by atoms with E-state index in [1.807, 2.05) is 43.3 Å². The Hall–Kier alpha value is -2.81. The van der Waals surface area contributed by atoms with Crippen LogP contribution in [0.15, 0.2) is 48.5 Å². The van der Waals surface area contributed by atoms with E-state index in [4.69, 9.17) is 32.7 Å². The standard InChI is InChI=1S/C18H27ClN2O4.C13H16ClNO.CH4/c1-12(16(22)24-5)20-11-15(21-17(23)25-18(2,3)4)10-13-6-8-14(19)9-7-13;1-9-2-7-12(15-13(9)16)8-10-3-5-11(14)6-4-10;/h6-9,12,15,20H,10-11H2,1-5H3,(H,21,23);3-6,9,12H,2,7-8H2,1H3,(H,15,16);1H4/t12-,15?;9-,12-;/m01./s1. The zero-order valence-electron chi connectivity index (χ0n) is 24.8. The lowest BCUT2D eigenvalue weighted by Gasteiger charge is -2.27. The SMILES string of the molecule is C.COC(=O)[C@H](C)NCC(Cc1ccc(Cl)cc1)NC(=O)OC(C)(C)C.C[C@@H]1CC[C@H](Cc2ccc(Cl)cc2)NC1=O. The zero-order chi connectivity index (χ0) is 30.6.